The van der Waals surface area contributed by atoms with Crippen LogP contribution in [0.15, 0.2) is 6.33 Å². The molecule has 5 heteroatoms. The second-order valence-corrected chi connectivity index (χ2v) is 3.05. The van der Waals surface area contributed by atoms with Gasteiger partial charge in [0, 0.05) is 6.61 Å². The smallest absolute Gasteiger partial charge is 0.234 e. The van der Waals surface area contributed by atoms with E-state index >= 15 is 0 Å². The summed E-state index contributed by atoms with van der Waals surface area (Å²) < 4.78 is 7.17. The molecule has 0 aliphatic carbocycles. The topological polar surface area (TPSA) is 63.7 Å². The molecule has 1 atom stereocenters. The second-order valence-electron chi connectivity index (χ2n) is 3.05. The number of nitrogens with zero attached hydrogens (tertiary/aromatic N) is 4. The number of hydrogen-bond acceptors (Lipinski definition) is 4. The Morgan fingerprint density at radius 3 is 3.38 bits per heavy atom. The van der Waals surface area contributed by atoms with Crippen molar-refractivity contribution in [2.75, 3.05) is 6.61 Å². The first-order valence-electron chi connectivity index (χ1n) is 4.29. The molecule has 1 unspecified atom stereocenters. The average molecular weight is 178 g/mol. The van der Waals surface area contributed by atoms with Gasteiger partial charge in [-0.25, -0.2) is 0 Å². The Bertz CT molecular complexity index is 321. The molecule has 0 amide bonds. The molecule has 13 heavy (non-hydrogen) atoms. The summed E-state index contributed by atoms with van der Waals surface area (Å²) in [5.41, 5.74) is 0. The molecule has 68 valence electrons. The Morgan fingerprint density at radius 2 is 2.69 bits per heavy atom. The van der Waals surface area contributed by atoms with Crippen molar-refractivity contribution >= 4 is 0 Å². The highest BCUT2D eigenvalue weighted by Gasteiger charge is 2.17. The van der Waals surface area contributed by atoms with Gasteiger partial charge < -0.3 is 9.30 Å². The molecule has 0 radical (unpaired) electrons. The van der Waals surface area contributed by atoms with Gasteiger partial charge in [0.15, 0.2) is 0 Å². The lowest BCUT2D eigenvalue weighted by Gasteiger charge is -2.09. The lowest BCUT2D eigenvalue weighted by Crippen LogP contribution is -2.15. The van der Waals surface area contributed by atoms with E-state index in [4.69, 9.17) is 10.00 Å². The Balaban J connectivity index is 2.04. The Labute approximate surface area is 75.9 Å². The van der Waals surface area contributed by atoms with E-state index < -0.39 is 0 Å². The van der Waals surface area contributed by atoms with Crippen molar-refractivity contribution in [1.82, 2.24) is 14.8 Å². The Kier molecular flexibility index (Phi) is 2.23. The maximum Gasteiger partial charge on any atom is 0.234 e. The van der Waals surface area contributed by atoms with Gasteiger partial charge in [-0.15, -0.1) is 10.2 Å². The van der Waals surface area contributed by atoms with E-state index in [1.54, 1.807) is 10.9 Å². The third-order valence-electron chi connectivity index (χ3n) is 2.14. The average Bonchev–Trinajstić information content (AvgIpc) is 2.76. The van der Waals surface area contributed by atoms with Crippen LogP contribution in [0.3, 0.4) is 0 Å². The first kappa shape index (κ1) is 8.20. The zero-order chi connectivity index (χ0) is 9.10. The molecule has 0 bridgehead atoms. The van der Waals surface area contributed by atoms with Crippen LogP contribution in [0, 0.1) is 11.3 Å². The molecule has 1 saturated heterocycles. The van der Waals surface area contributed by atoms with Crippen LogP contribution in [0.2, 0.25) is 0 Å². The quantitative estimate of drug-likeness (QED) is 0.654. The van der Waals surface area contributed by atoms with Crippen LogP contribution < -0.4 is 0 Å². The standard InChI is InChI=1S/C8H10N4O/c9-4-8-11-10-6-12(8)5-7-2-1-3-13-7/h6-7H,1-3,5H2. The molecule has 1 aliphatic rings. The fraction of sp³-hybridized carbons (Fsp3) is 0.625. The monoisotopic (exact) mass is 178 g/mol. The van der Waals surface area contributed by atoms with E-state index in [2.05, 4.69) is 10.2 Å². The largest absolute Gasteiger partial charge is 0.376 e. The first-order chi connectivity index (χ1) is 6.40. The summed E-state index contributed by atoms with van der Waals surface area (Å²) in [5.74, 6) is 0.357. The summed E-state index contributed by atoms with van der Waals surface area (Å²) in [5, 5.41) is 16.0. The maximum atomic E-state index is 8.67. The highest BCUT2D eigenvalue weighted by atomic mass is 16.5. The van der Waals surface area contributed by atoms with Crippen LogP contribution in [0.4, 0.5) is 0 Å². The van der Waals surface area contributed by atoms with Gasteiger partial charge in [0.1, 0.15) is 12.4 Å². The van der Waals surface area contributed by atoms with Crippen molar-refractivity contribution in [2.45, 2.75) is 25.5 Å². The maximum absolute atomic E-state index is 8.67. The van der Waals surface area contributed by atoms with Gasteiger partial charge in [-0.05, 0) is 12.8 Å². The predicted octanol–water partition coefficient (Wildman–Crippen LogP) is 0.329. The molecule has 2 heterocycles. The molecule has 1 fully saturated rings. The van der Waals surface area contributed by atoms with Gasteiger partial charge in [-0.2, -0.15) is 5.26 Å². The first-order valence-corrected chi connectivity index (χ1v) is 4.29. The zero-order valence-electron chi connectivity index (χ0n) is 7.18. The van der Waals surface area contributed by atoms with Crippen molar-refractivity contribution in [3.05, 3.63) is 12.2 Å². The fourth-order valence-electron chi connectivity index (χ4n) is 1.48. The number of aromatic nitrogens is 3. The number of nitriles is 1. The van der Waals surface area contributed by atoms with Crippen LogP contribution >= 0.6 is 0 Å². The van der Waals surface area contributed by atoms with E-state index in [-0.39, 0.29) is 6.10 Å². The van der Waals surface area contributed by atoms with Crippen molar-refractivity contribution in [3.8, 4) is 6.07 Å². The highest BCUT2D eigenvalue weighted by Crippen LogP contribution is 2.14. The summed E-state index contributed by atoms with van der Waals surface area (Å²) >= 11 is 0. The van der Waals surface area contributed by atoms with E-state index in [1.165, 1.54) is 0 Å². The van der Waals surface area contributed by atoms with Gasteiger partial charge in [-0.3, -0.25) is 0 Å². The lowest BCUT2D eigenvalue weighted by molar-refractivity contribution is 0.0967. The molecule has 0 spiro atoms. The van der Waals surface area contributed by atoms with Gasteiger partial charge in [0.25, 0.3) is 0 Å². The summed E-state index contributed by atoms with van der Waals surface area (Å²) in [6, 6.07) is 1.98. The van der Waals surface area contributed by atoms with Gasteiger partial charge in [0.2, 0.25) is 5.82 Å². The van der Waals surface area contributed by atoms with E-state index in [0.717, 1.165) is 19.4 Å². The summed E-state index contributed by atoms with van der Waals surface area (Å²) in [6.07, 6.45) is 3.96. The van der Waals surface area contributed by atoms with E-state index in [1.807, 2.05) is 6.07 Å². The summed E-state index contributed by atoms with van der Waals surface area (Å²) in [7, 11) is 0. The number of rotatable bonds is 2. The predicted molar refractivity (Wildman–Crippen MR) is 43.7 cm³/mol. The lowest BCUT2D eigenvalue weighted by atomic mass is 10.2. The molecule has 1 aromatic rings. The van der Waals surface area contributed by atoms with Crippen LogP contribution in [0.25, 0.3) is 0 Å². The van der Waals surface area contributed by atoms with Crippen molar-refractivity contribution < 1.29 is 4.74 Å². The molecule has 5 nitrogen and oxygen atoms in total. The van der Waals surface area contributed by atoms with Gasteiger partial charge in [-0.1, -0.05) is 0 Å². The van der Waals surface area contributed by atoms with Crippen molar-refractivity contribution in [1.29, 1.82) is 5.26 Å². The van der Waals surface area contributed by atoms with Crippen LogP contribution in [0.1, 0.15) is 18.7 Å². The number of hydrogen-bond donors (Lipinski definition) is 0. The summed E-state index contributed by atoms with van der Waals surface area (Å²) in [6.45, 7) is 1.52. The zero-order valence-corrected chi connectivity index (χ0v) is 7.18. The fourth-order valence-corrected chi connectivity index (χ4v) is 1.48. The SMILES string of the molecule is N#Cc1nncn1CC1CCCO1. The molecular formula is C8H10N4O. The molecule has 0 saturated carbocycles. The molecule has 2 rings (SSSR count). The summed E-state index contributed by atoms with van der Waals surface area (Å²) in [4.78, 5) is 0. The Morgan fingerprint density at radius 1 is 1.77 bits per heavy atom. The van der Waals surface area contributed by atoms with E-state index in [0.29, 0.717) is 12.4 Å². The molecule has 1 aromatic heterocycles. The minimum Gasteiger partial charge on any atom is -0.376 e. The minimum absolute atomic E-state index is 0.225. The number of ether oxygens (including phenoxy) is 1. The van der Waals surface area contributed by atoms with Crippen LogP contribution in [0.5, 0.6) is 0 Å². The molecule has 0 aromatic carbocycles. The normalized spacial score (nSPS) is 21.6. The third-order valence-corrected chi connectivity index (χ3v) is 2.14. The van der Waals surface area contributed by atoms with Gasteiger partial charge in [0.05, 0.1) is 12.6 Å². The minimum atomic E-state index is 0.225. The van der Waals surface area contributed by atoms with Gasteiger partial charge >= 0.3 is 0 Å². The second kappa shape index (κ2) is 3.54. The molecular weight excluding hydrogens is 168 g/mol. The Hall–Kier alpha value is -1.41. The highest BCUT2D eigenvalue weighted by molar-refractivity contribution is 5.08. The third kappa shape index (κ3) is 1.68. The van der Waals surface area contributed by atoms with Crippen LogP contribution in [-0.2, 0) is 11.3 Å². The molecule has 0 N–H and O–H groups in total. The molecule has 1 aliphatic heterocycles. The van der Waals surface area contributed by atoms with Crippen molar-refractivity contribution in [2.24, 2.45) is 0 Å². The van der Waals surface area contributed by atoms with Crippen LogP contribution in [-0.4, -0.2) is 27.5 Å². The van der Waals surface area contributed by atoms with Crippen molar-refractivity contribution in [3.63, 3.8) is 0 Å². The van der Waals surface area contributed by atoms with E-state index in [9.17, 15) is 0 Å².